The molecule has 88 valence electrons. The summed E-state index contributed by atoms with van der Waals surface area (Å²) in [5, 5.41) is 2.95. The quantitative estimate of drug-likeness (QED) is 0.934. The lowest BCUT2D eigenvalue weighted by molar-refractivity contribution is 0.627. The molecule has 0 aliphatic carbocycles. The zero-order valence-electron chi connectivity index (χ0n) is 8.49. The predicted octanol–water partition coefficient (Wildman–Crippen LogP) is 2.93. The van der Waals surface area contributed by atoms with Gasteiger partial charge in [0.2, 0.25) is 16.5 Å². The highest BCUT2D eigenvalue weighted by molar-refractivity contribution is 6.31. The van der Waals surface area contributed by atoms with Gasteiger partial charge in [-0.3, -0.25) is 0 Å². The summed E-state index contributed by atoms with van der Waals surface area (Å²) in [6, 6.07) is 6.08. The van der Waals surface area contributed by atoms with Gasteiger partial charge in [0.1, 0.15) is 5.82 Å². The molecule has 0 fully saturated rings. The monoisotopic (exact) mass is 272 g/mol. The van der Waals surface area contributed by atoms with Crippen LogP contribution in [0.5, 0.6) is 0 Å². The minimum absolute atomic E-state index is 0.0200. The third-order valence-electron chi connectivity index (χ3n) is 1.94. The van der Waals surface area contributed by atoms with Gasteiger partial charge in [0.25, 0.3) is 0 Å². The van der Waals surface area contributed by atoms with Crippen LogP contribution in [0.3, 0.4) is 0 Å². The van der Waals surface area contributed by atoms with E-state index in [9.17, 15) is 4.39 Å². The Bertz CT molecular complexity index is 498. The van der Waals surface area contributed by atoms with Crippen LogP contribution in [0.25, 0.3) is 0 Å². The molecule has 2 aromatic rings. The zero-order chi connectivity index (χ0) is 12.3. The summed E-state index contributed by atoms with van der Waals surface area (Å²) < 4.78 is 12.7. The second-order valence-electron chi connectivity index (χ2n) is 3.18. The molecule has 0 aliphatic rings. The van der Waals surface area contributed by atoms with Crippen LogP contribution < -0.4 is 5.32 Å². The van der Waals surface area contributed by atoms with Gasteiger partial charge in [-0.25, -0.2) is 4.39 Å². The Hall–Kier alpha value is -1.46. The minimum Gasteiger partial charge on any atom is -0.350 e. The largest absolute Gasteiger partial charge is 0.350 e. The van der Waals surface area contributed by atoms with E-state index in [1.165, 1.54) is 12.1 Å². The average molecular weight is 273 g/mol. The van der Waals surface area contributed by atoms with Crippen LogP contribution in [0.15, 0.2) is 24.3 Å². The maximum absolute atomic E-state index is 12.7. The van der Waals surface area contributed by atoms with E-state index in [2.05, 4.69) is 20.3 Å². The first kappa shape index (κ1) is 12.0. The van der Waals surface area contributed by atoms with Gasteiger partial charge < -0.3 is 5.32 Å². The van der Waals surface area contributed by atoms with E-state index in [0.29, 0.717) is 6.54 Å². The summed E-state index contributed by atoms with van der Waals surface area (Å²) in [6.45, 7) is 0.441. The number of nitrogens with one attached hydrogen (secondary N) is 1. The predicted molar refractivity (Wildman–Crippen MR) is 63.6 cm³/mol. The molecule has 1 aromatic carbocycles. The summed E-state index contributed by atoms with van der Waals surface area (Å²) in [5.74, 6) is -0.000625. The van der Waals surface area contributed by atoms with Crippen molar-refractivity contribution in [2.24, 2.45) is 0 Å². The van der Waals surface area contributed by atoms with Gasteiger partial charge in [0.15, 0.2) is 0 Å². The molecule has 2 rings (SSSR count). The molecular formula is C10H7Cl2FN4. The Morgan fingerprint density at radius 3 is 2.18 bits per heavy atom. The summed E-state index contributed by atoms with van der Waals surface area (Å²) >= 11 is 11.2. The van der Waals surface area contributed by atoms with Gasteiger partial charge in [-0.05, 0) is 40.9 Å². The van der Waals surface area contributed by atoms with Gasteiger partial charge >= 0.3 is 0 Å². The van der Waals surface area contributed by atoms with E-state index in [-0.39, 0.29) is 22.3 Å². The van der Waals surface area contributed by atoms with Crippen LogP contribution in [0, 0.1) is 5.82 Å². The molecule has 1 heterocycles. The highest BCUT2D eigenvalue weighted by Gasteiger charge is 2.02. The molecule has 0 saturated carbocycles. The summed E-state index contributed by atoms with van der Waals surface area (Å²) in [4.78, 5) is 11.3. The SMILES string of the molecule is Fc1ccc(CNc2nc(Cl)nc(Cl)n2)cc1. The minimum atomic E-state index is -0.278. The fourth-order valence-corrected chi connectivity index (χ4v) is 1.55. The number of hydrogen-bond donors (Lipinski definition) is 1. The number of hydrogen-bond acceptors (Lipinski definition) is 4. The van der Waals surface area contributed by atoms with Crippen LogP contribution in [0.2, 0.25) is 10.6 Å². The van der Waals surface area contributed by atoms with Crippen molar-refractivity contribution in [3.05, 3.63) is 46.2 Å². The van der Waals surface area contributed by atoms with E-state index in [1.54, 1.807) is 12.1 Å². The molecule has 0 spiro atoms. The molecular weight excluding hydrogens is 266 g/mol. The number of halogens is 3. The second kappa shape index (κ2) is 5.25. The van der Waals surface area contributed by atoms with E-state index >= 15 is 0 Å². The molecule has 17 heavy (non-hydrogen) atoms. The maximum atomic E-state index is 12.7. The second-order valence-corrected chi connectivity index (χ2v) is 3.85. The molecule has 1 aromatic heterocycles. The number of nitrogens with zero attached hydrogens (tertiary/aromatic N) is 3. The smallest absolute Gasteiger partial charge is 0.228 e. The Labute approximate surface area is 107 Å². The van der Waals surface area contributed by atoms with E-state index < -0.39 is 0 Å². The summed E-state index contributed by atoms with van der Waals surface area (Å²) in [5.41, 5.74) is 0.888. The molecule has 0 aliphatic heterocycles. The van der Waals surface area contributed by atoms with Crippen LogP contribution >= 0.6 is 23.2 Å². The van der Waals surface area contributed by atoms with E-state index in [0.717, 1.165) is 5.56 Å². The fourth-order valence-electron chi connectivity index (χ4n) is 1.19. The molecule has 7 heteroatoms. The molecule has 0 atom stereocenters. The Morgan fingerprint density at radius 2 is 1.59 bits per heavy atom. The number of aromatic nitrogens is 3. The van der Waals surface area contributed by atoms with Crippen molar-refractivity contribution in [1.29, 1.82) is 0 Å². The van der Waals surface area contributed by atoms with Crippen LogP contribution in [-0.4, -0.2) is 15.0 Å². The molecule has 0 amide bonds. The Morgan fingerprint density at radius 1 is 1.00 bits per heavy atom. The van der Waals surface area contributed by atoms with Crippen LogP contribution in [0.1, 0.15) is 5.56 Å². The molecule has 0 saturated heterocycles. The first-order chi connectivity index (χ1) is 8.13. The lowest BCUT2D eigenvalue weighted by atomic mass is 10.2. The van der Waals surface area contributed by atoms with Crippen LogP contribution in [-0.2, 0) is 6.54 Å². The number of rotatable bonds is 3. The van der Waals surface area contributed by atoms with Crippen molar-refractivity contribution < 1.29 is 4.39 Å². The van der Waals surface area contributed by atoms with Gasteiger partial charge in [-0.2, -0.15) is 15.0 Å². The lowest BCUT2D eigenvalue weighted by Crippen LogP contribution is -2.04. The summed E-state index contributed by atoms with van der Waals surface area (Å²) in [6.07, 6.45) is 0. The van der Waals surface area contributed by atoms with Crippen molar-refractivity contribution in [2.75, 3.05) is 5.32 Å². The van der Waals surface area contributed by atoms with E-state index in [1.807, 2.05) is 0 Å². The van der Waals surface area contributed by atoms with Crippen molar-refractivity contribution in [3.8, 4) is 0 Å². The van der Waals surface area contributed by atoms with Gasteiger partial charge in [-0.15, -0.1) is 0 Å². The molecule has 4 nitrogen and oxygen atoms in total. The zero-order valence-corrected chi connectivity index (χ0v) is 10.0. The average Bonchev–Trinajstić information content (AvgIpc) is 2.27. The van der Waals surface area contributed by atoms with Gasteiger partial charge in [0, 0.05) is 6.54 Å². The Kier molecular flexibility index (Phi) is 3.71. The highest BCUT2D eigenvalue weighted by atomic mass is 35.5. The van der Waals surface area contributed by atoms with Gasteiger partial charge in [-0.1, -0.05) is 12.1 Å². The maximum Gasteiger partial charge on any atom is 0.228 e. The van der Waals surface area contributed by atoms with E-state index in [4.69, 9.17) is 23.2 Å². The molecule has 0 bridgehead atoms. The molecule has 0 radical (unpaired) electrons. The number of anilines is 1. The van der Waals surface area contributed by atoms with Crippen molar-refractivity contribution >= 4 is 29.2 Å². The van der Waals surface area contributed by atoms with Crippen LogP contribution in [0.4, 0.5) is 10.3 Å². The van der Waals surface area contributed by atoms with Crippen molar-refractivity contribution in [2.45, 2.75) is 6.54 Å². The molecule has 1 N–H and O–H groups in total. The topological polar surface area (TPSA) is 50.7 Å². The summed E-state index contributed by atoms with van der Waals surface area (Å²) in [7, 11) is 0. The Balaban J connectivity index is 2.04. The molecule has 0 unspecified atom stereocenters. The highest BCUT2D eigenvalue weighted by Crippen LogP contribution is 2.11. The first-order valence-corrected chi connectivity index (χ1v) is 5.44. The third kappa shape index (κ3) is 3.51. The normalized spacial score (nSPS) is 10.3. The van der Waals surface area contributed by atoms with Gasteiger partial charge in [0.05, 0.1) is 0 Å². The van der Waals surface area contributed by atoms with Crippen molar-refractivity contribution in [3.63, 3.8) is 0 Å². The first-order valence-electron chi connectivity index (χ1n) is 4.69. The lowest BCUT2D eigenvalue weighted by Gasteiger charge is -2.04. The number of benzene rings is 1. The fraction of sp³-hybridized carbons (Fsp3) is 0.100. The standard InChI is InChI=1S/C10H7Cl2FN4/c11-8-15-9(12)17-10(16-8)14-5-6-1-3-7(13)4-2-6/h1-4H,5H2,(H,14,15,16,17). The van der Waals surface area contributed by atoms with Crippen molar-refractivity contribution in [1.82, 2.24) is 15.0 Å². The third-order valence-corrected chi connectivity index (χ3v) is 2.28.